The van der Waals surface area contributed by atoms with Crippen molar-refractivity contribution in [1.82, 2.24) is 14.8 Å². The number of benzene rings is 1. The molecule has 2 N–H and O–H groups in total. The Hall–Kier alpha value is -1.14. The largest absolute Gasteiger partial charge is 0.366 e. The van der Waals surface area contributed by atoms with Crippen molar-refractivity contribution in [3.8, 4) is 0 Å². The first kappa shape index (κ1) is 11.3. The molecule has 2 aromatic rings. The molecule has 0 aliphatic rings. The molecule has 16 heavy (non-hydrogen) atoms. The molecular weight excluding hydrogens is 298 g/mol. The smallest absolute Gasteiger partial charge is 0.240 e. The third kappa shape index (κ3) is 2.33. The predicted octanol–water partition coefficient (Wildman–Crippen LogP) is 2.46. The van der Waals surface area contributed by atoms with E-state index in [0.717, 1.165) is 5.56 Å². The van der Waals surface area contributed by atoms with Crippen LogP contribution in [0, 0.1) is 5.82 Å². The molecule has 4 nitrogen and oxygen atoms in total. The van der Waals surface area contributed by atoms with Crippen LogP contribution in [0.3, 0.4) is 0 Å². The number of nitrogens with zero attached hydrogens (tertiary/aromatic N) is 3. The molecular formula is C9H7BrClFN4. The second-order valence-electron chi connectivity index (χ2n) is 3.13. The third-order valence-electron chi connectivity index (χ3n) is 1.98. The van der Waals surface area contributed by atoms with Gasteiger partial charge in [0.1, 0.15) is 5.82 Å². The van der Waals surface area contributed by atoms with Crippen molar-refractivity contribution in [2.45, 2.75) is 6.54 Å². The number of hydrogen-bond donors (Lipinski definition) is 1. The Bertz CT molecular complexity index is 528. The Labute approximate surface area is 104 Å². The Kier molecular flexibility index (Phi) is 3.11. The second-order valence-corrected chi connectivity index (χ2v) is 4.25. The summed E-state index contributed by atoms with van der Waals surface area (Å²) >= 11 is 9.10. The summed E-state index contributed by atoms with van der Waals surface area (Å²) in [5, 5.41) is 4.30. The normalized spacial score (nSPS) is 10.7. The maximum absolute atomic E-state index is 12.8. The van der Waals surface area contributed by atoms with Crippen molar-refractivity contribution in [2.24, 2.45) is 0 Å². The fourth-order valence-corrected chi connectivity index (χ4v) is 1.86. The predicted molar refractivity (Wildman–Crippen MR) is 62.6 cm³/mol. The average molecular weight is 306 g/mol. The molecule has 1 aromatic carbocycles. The van der Waals surface area contributed by atoms with Crippen molar-refractivity contribution >= 4 is 33.5 Å². The summed E-state index contributed by atoms with van der Waals surface area (Å²) in [6.45, 7) is 0.379. The van der Waals surface area contributed by atoms with Gasteiger partial charge in [0, 0.05) is 5.02 Å². The van der Waals surface area contributed by atoms with Crippen LogP contribution in [0.25, 0.3) is 0 Å². The molecule has 1 heterocycles. The minimum atomic E-state index is -0.370. The molecule has 0 saturated heterocycles. The number of halogens is 3. The zero-order valence-corrected chi connectivity index (χ0v) is 10.3. The monoisotopic (exact) mass is 304 g/mol. The van der Waals surface area contributed by atoms with E-state index in [1.807, 2.05) is 0 Å². The molecule has 0 unspecified atom stereocenters. The van der Waals surface area contributed by atoms with Gasteiger partial charge in [-0.1, -0.05) is 17.7 Å². The lowest BCUT2D eigenvalue weighted by Crippen LogP contribution is -2.03. The second kappa shape index (κ2) is 4.39. The van der Waals surface area contributed by atoms with E-state index in [1.165, 1.54) is 16.8 Å². The SMILES string of the molecule is Nc1nc(Br)n(Cc2ccc(F)cc2Cl)n1. The lowest BCUT2D eigenvalue weighted by Gasteiger charge is -2.04. The summed E-state index contributed by atoms with van der Waals surface area (Å²) in [4.78, 5) is 3.88. The van der Waals surface area contributed by atoms with Crippen LogP contribution in [0.2, 0.25) is 5.02 Å². The summed E-state index contributed by atoms with van der Waals surface area (Å²) in [6, 6.07) is 4.20. The van der Waals surface area contributed by atoms with E-state index in [0.29, 0.717) is 16.3 Å². The van der Waals surface area contributed by atoms with Gasteiger partial charge in [0.15, 0.2) is 4.73 Å². The van der Waals surface area contributed by atoms with Gasteiger partial charge in [-0.3, -0.25) is 0 Å². The van der Waals surface area contributed by atoms with Crippen LogP contribution >= 0.6 is 27.5 Å². The molecule has 0 spiro atoms. The molecule has 84 valence electrons. The first-order chi connectivity index (χ1) is 7.56. The number of aromatic nitrogens is 3. The molecule has 0 aliphatic heterocycles. The molecule has 2 rings (SSSR count). The number of anilines is 1. The van der Waals surface area contributed by atoms with Crippen molar-refractivity contribution in [3.05, 3.63) is 39.3 Å². The molecule has 0 radical (unpaired) electrons. The van der Waals surface area contributed by atoms with E-state index in [9.17, 15) is 4.39 Å². The zero-order valence-electron chi connectivity index (χ0n) is 7.99. The van der Waals surface area contributed by atoms with E-state index >= 15 is 0 Å². The quantitative estimate of drug-likeness (QED) is 0.927. The first-order valence-electron chi connectivity index (χ1n) is 4.36. The van der Waals surface area contributed by atoms with Crippen LogP contribution in [-0.2, 0) is 6.54 Å². The highest BCUT2D eigenvalue weighted by Crippen LogP contribution is 2.19. The number of hydrogen-bond acceptors (Lipinski definition) is 3. The average Bonchev–Trinajstić information content (AvgIpc) is 2.50. The summed E-state index contributed by atoms with van der Waals surface area (Å²) in [5.41, 5.74) is 6.17. The molecule has 0 aliphatic carbocycles. The van der Waals surface area contributed by atoms with E-state index < -0.39 is 0 Å². The Morgan fingerprint density at radius 1 is 1.50 bits per heavy atom. The van der Waals surface area contributed by atoms with Gasteiger partial charge in [0.2, 0.25) is 5.95 Å². The van der Waals surface area contributed by atoms with Crippen molar-refractivity contribution in [1.29, 1.82) is 0 Å². The van der Waals surface area contributed by atoms with Gasteiger partial charge in [-0.15, -0.1) is 5.10 Å². The molecule has 0 amide bonds. The number of rotatable bonds is 2. The van der Waals surface area contributed by atoms with Crippen molar-refractivity contribution < 1.29 is 4.39 Å². The lowest BCUT2D eigenvalue weighted by atomic mass is 10.2. The molecule has 7 heteroatoms. The molecule has 0 atom stereocenters. The number of nitrogens with two attached hydrogens (primary N) is 1. The van der Waals surface area contributed by atoms with Crippen LogP contribution in [-0.4, -0.2) is 14.8 Å². The van der Waals surface area contributed by atoms with Gasteiger partial charge in [0.05, 0.1) is 6.54 Å². The maximum Gasteiger partial charge on any atom is 0.240 e. The zero-order chi connectivity index (χ0) is 11.7. The van der Waals surface area contributed by atoms with Crippen LogP contribution in [0.15, 0.2) is 22.9 Å². The van der Waals surface area contributed by atoms with Gasteiger partial charge in [-0.05, 0) is 33.6 Å². The van der Waals surface area contributed by atoms with Crippen LogP contribution in [0.5, 0.6) is 0 Å². The number of nitrogen functional groups attached to an aromatic ring is 1. The van der Waals surface area contributed by atoms with Gasteiger partial charge in [-0.25, -0.2) is 9.07 Å². The molecule has 0 fully saturated rings. The topological polar surface area (TPSA) is 56.7 Å². The highest BCUT2D eigenvalue weighted by atomic mass is 79.9. The summed E-state index contributed by atoms with van der Waals surface area (Å²) in [5.74, 6) is -0.198. The van der Waals surface area contributed by atoms with Gasteiger partial charge in [0.25, 0.3) is 0 Å². The Balaban J connectivity index is 2.30. The lowest BCUT2D eigenvalue weighted by molar-refractivity contribution is 0.623. The molecule has 0 bridgehead atoms. The highest BCUT2D eigenvalue weighted by Gasteiger charge is 2.08. The summed E-state index contributed by atoms with van der Waals surface area (Å²) in [7, 11) is 0. The maximum atomic E-state index is 12.8. The molecule has 0 saturated carbocycles. The van der Waals surface area contributed by atoms with Gasteiger partial charge < -0.3 is 5.73 Å². The van der Waals surface area contributed by atoms with Crippen LogP contribution < -0.4 is 5.73 Å². The molecule has 1 aromatic heterocycles. The van der Waals surface area contributed by atoms with E-state index in [4.69, 9.17) is 17.3 Å². The van der Waals surface area contributed by atoms with Crippen molar-refractivity contribution in [3.63, 3.8) is 0 Å². The van der Waals surface area contributed by atoms with Crippen LogP contribution in [0.4, 0.5) is 10.3 Å². The Morgan fingerprint density at radius 3 is 2.81 bits per heavy atom. The summed E-state index contributed by atoms with van der Waals surface area (Å²) in [6.07, 6.45) is 0. The van der Waals surface area contributed by atoms with Crippen molar-refractivity contribution in [2.75, 3.05) is 5.73 Å². The van der Waals surface area contributed by atoms with E-state index in [1.54, 1.807) is 6.07 Å². The standard InChI is InChI=1S/C9H7BrClFN4/c10-8-14-9(13)15-16(8)4-5-1-2-6(12)3-7(5)11/h1-3H,4H2,(H2,13,15). The van der Waals surface area contributed by atoms with Gasteiger partial charge >= 0.3 is 0 Å². The fraction of sp³-hybridized carbons (Fsp3) is 0.111. The van der Waals surface area contributed by atoms with E-state index in [2.05, 4.69) is 26.0 Å². The highest BCUT2D eigenvalue weighted by molar-refractivity contribution is 9.10. The van der Waals surface area contributed by atoms with Gasteiger partial charge in [-0.2, -0.15) is 4.98 Å². The Morgan fingerprint density at radius 2 is 2.25 bits per heavy atom. The first-order valence-corrected chi connectivity index (χ1v) is 5.53. The van der Waals surface area contributed by atoms with Crippen LogP contribution in [0.1, 0.15) is 5.56 Å². The fourth-order valence-electron chi connectivity index (χ4n) is 1.25. The minimum Gasteiger partial charge on any atom is -0.366 e. The third-order valence-corrected chi connectivity index (χ3v) is 2.92. The minimum absolute atomic E-state index is 0.171. The summed E-state index contributed by atoms with van der Waals surface area (Å²) < 4.78 is 14.9. The van der Waals surface area contributed by atoms with E-state index in [-0.39, 0.29) is 11.8 Å².